The van der Waals surface area contributed by atoms with Crippen LogP contribution in [0.2, 0.25) is 0 Å². The highest BCUT2D eigenvalue weighted by atomic mass is 16.5. The van der Waals surface area contributed by atoms with E-state index in [1.807, 2.05) is 12.1 Å². The van der Waals surface area contributed by atoms with Crippen LogP contribution in [0.3, 0.4) is 0 Å². The van der Waals surface area contributed by atoms with Crippen molar-refractivity contribution in [3.8, 4) is 11.6 Å². The van der Waals surface area contributed by atoms with Crippen molar-refractivity contribution in [1.29, 1.82) is 0 Å². The van der Waals surface area contributed by atoms with Crippen LogP contribution < -0.4 is 10.1 Å². The molecule has 4 heteroatoms. The van der Waals surface area contributed by atoms with Crippen LogP contribution in [0.15, 0.2) is 24.5 Å². The van der Waals surface area contributed by atoms with E-state index in [9.17, 15) is 0 Å². The normalized spacial score (nSPS) is 14.0. The minimum absolute atomic E-state index is 0.667. The Morgan fingerprint density at radius 3 is 2.89 bits per heavy atom. The zero-order chi connectivity index (χ0) is 13.2. The van der Waals surface area contributed by atoms with Gasteiger partial charge in [-0.2, -0.15) is 0 Å². The molecule has 0 aliphatic carbocycles. The number of hydrogen-bond acceptors (Lipinski definition) is 4. The van der Waals surface area contributed by atoms with Gasteiger partial charge in [0.1, 0.15) is 12.1 Å². The Morgan fingerprint density at radius 2 is 2.05 bits per heavy atom. The highest BCUT2D eigenvalue weighted by Gasteiger charge is 2.16. The second-order valence-corrected chi connectivity index (χ2v) is 4.88. The number of nitrogens with zero attached hydrogens (tertiary/aromatic N) is 2. The zero-order valence-corrected chi connectivity index (χ0v) is 11.2. The van der Waals surface area contributed by atoms with Crippen LogP contribution in [-0.4, -0.2) is 16.5 Å². The van der Waals surface area contributed by atoms with Crippen LogP contribution in [0.1, 0.15) is 22.4 Å². The van der Waals surface area contributed by atoms with Gasteiger partial charge in [-0.25, -0.2) is 9.97 Å². The summed E-state index contributed by atoms with van der Waals surface area (Å²) in [6.45, 7) is 5.91. The van der Waals surface area contributed by atoms with Crippen LogP contribution >= 0.6 is 0 Å². The van der Waals surface area contributed by atoms with Gasteiger partial charge in [-0.05, 0) is 37.1 Å². The van der Waals surface area contributed by atoms with Gasteiger partial charge < -0.3 is 10.1 Å². The molecular weight excluding hydrogens is 238 g/mol. The fourth-order valence-electron chi connectivity index (χ4n) is 2.22. The summed E-state index contributed by atoms with van der Waals surface area (Å²) in [6, 6.07) is 6.09. The van der Waals surface area contributed by atoms with Crippen molar-refractivity contribution in [3.63, 3.8) is 0 Å². The molecule has 0 saturated heterocycles. The summed E-state index contributed by atoms with van der Waals surface area (Å²) < 4.78 is 5.92. The third-order valence-electron chi connectivity index (χ3n) is 3.53. The molecule has 0 unspecified atom stereocenters. The van der Waals surface area contributed by atoms with Crippen molar-refractivity contribution in [1.82, 2.24) is 15.3 Å². The molecule has 1 N–H and O–H groups in total. The van der Waals surface area contributed by atoms with Crippen LogP contribution in [0, 0.1) is 13.8 Å². The molecule has 0 atom stereocenters. The minimum Gasteiger partial charge on any atom is -0.439 e. The fraction of sp³-hybridized carbons (Fsp3) is 0.333. The molecule has 1 aliphatic heterocycles. The average Bonchev–Trinajstić information content (AvgIpc) is 2.43. The fourth-order valence-corrected chi connectivity index (χ4v) is 2.22. The van der Waals surface area contributed by atoms with E-state index in [0.717, 1.165) is 36.5 Å². The molecule has 3 rings (SSSR count). The van der Waals surface area contributed by atoms with Gasteiger partial charge in [0, 0.05) is 19.5 Å². The quantitative estimate of drug-likeness (QED) is 0.895. The number of hydrogen-bond donors (Lipinski definition) is 1. The maximum Gasteiger partial charge on any atom is 0.227 e. The number of nitrogens with one attached hydrogen (secondary N) is 1. The Kier molecular flexibility index (Phi) is 3.17. The summed E-state index contributed by atoms with van der Waals surface area (Å²) >= 11 is 0. The van der Waals surface area contributed by atoms with Crippen molar-refractivity contribution >= 4 is 0 Å². The molecule has 0 radical (unpaired) electrons. The second-order valence-electron chi connectivity index (χ2n) is 4.88. The van der Waals surface area contributed by atoms with Gasteiger partial charge in [-0.3, -0.25) is 0 Å². The second kappa shape index (κ2) is 4.97. The van der Waals surface area contributed by atoms with E-state index in [4.69, 9.17) is 4.74 Å². The van der Waals surface area contributed by atoms with E-state index < -0.39 is 0 Å². The van der Waals surface area contributed by atoms with Gasteiger partial charge >= 0.3 is 0 Å². The summed E-state index contributed by atoms with van der Waals surface area (Å²) in [5, 5.41) is 3.33. The summed E-state index contributed by atoms with van der Waals surface area (Å²) in [4.78, 5) is 8.59. The molecular formula is C15H17N3O. The highest BCUT2D eigenvalue weighted by Crippen LogP contribution is 2.27. The molecule has 0 amide bonds. The summed E-state index contributed by atoms with van der Waals surface area (Å²) in [6.07, 6.45) is 2.52. The average molecular weight is 255 g/mol. The zero-order valence-electron chi connectivity index (χ0n) is 11.2. The predicted octanol–water partition coefficient (Wildman–Crippen LogP) is 2.53. The van der Waals surface area contributed by atoms with Crippen LogP contribution in [0.4, 0.5) is 0 Å². The van der Waals surface area contributed by atoms with Crippen LogP contribution in [0.25, 0.3) is 0 Å². The maximum absolute atomic E-state index is 5.92. The lowest BCUT2D eigenvalue weighted by atomic mass is 10.1. The van der Waals surface area contributed by atoms with Gasteiger partial charge in [0.15, 0.2) is 0 Å². The predicted molar refractivity (Wildman–Crippen MR) is 73.4 cm³/mol. The maximum atomic E-state index is 5.92. The molecule has 1 aromatic heterocycles. The first-order chi connectivity index (χ1) is 9.24. The first kappa shape index (κ1) is 12.1. The number of benzene rings is 1. The Balaban J connectivity index is 1.92. The molecule has 1 aliphatic rings. The van der Waals surface area contributed by atoms with Crippen molar-refractivity contribution in [2.45, 2.75) is 26.8 Å². The molecule has 2 aromatic rings. The van der Waals surface area contributed by atoms with E-state index >= 15 is 0 Å². The summed E-state index contributed by atoms with van der Waals surface area (Å²) in [5.41, 5.74) is 4.65. The largest absolute Gasteiger partial charge is 0.439 e. The summed E-state index contributed by atoms with van der Waals surface area (Å²) in [7, 11) is 0. The smallest absolute Gasteiger partial charge is 0.227 e. The van der Waals surface area contributed by atoms with Crippen molar-refractivity contribution < 1.29 is 4.74 Å². The molecule has 19 heavy (non-hydrogen) atoms. The van der Waals surface area contributed by atoms with Crippen LogP contribution in [-0.2, 0) is 13.0 Å². The molecule has 0 saturated carbocycles. The number of aryl methyl sites for hydroxylation is 2. The van der Waals surface area contributed by atoms with Crippen molar-refractivity contribution in [3.05, 3.63) is 46.9 Å². The molecule has 0 fully saturated rings. The minimum atomic E-state index is 0.667. The van der Waals surface area contributed by atoms with E-state index in [2.05, 4.69) is 35.2 Å². The van der Waals surface area contributed by atoms with Crippen LogP contribution in [0.5, 0.6) is 11.6 Å². The molecule has 1 aromatic carbocycles. The van der Waals surface area contributed by atoms with Gasteiger partial charge in [0.25, 0.3) is 0 Å². The molecule has 0 spiro atoms. The lowest BCUT2D eigenvalue weighted by molar-refractivity contribution is 0.443. The van der Waals surface area contributed by atoms with Gasteiger partial charge in [-0.1, -0.05) is 6.07 Å². The monoisotopic (exact) mass is 255 g/mol. The summed E-state index contributed by atoms with van der Waals surface area (Å²) in [5.74, 6) is 1.50. The number of fused-ring (bicyclic) bond motifs is 1. The topological polar surface area (TPSA) is 47.0 Å². The van der Waals surface area contributed by atoms with E-state index in [1.165, 1.54) is 11.1 Å². The molecule has 2 heterocycles. The molecule has 4 nitrogen and oxygen atoms in total. The first-order valence-electron chi connectivity index (χ1n) is 6.52. The third-order valence-corrected chi connectivity index (χ3v) is 3.53. The standard InChI is InChI=1S/C15H17N3O/c1-10-3-4-12(7-11(10)2)19-15-13-8-16-6-5-14(13)17-9-18-15/h3-4,7,9,16H,5-6,8H2,1-2H3. The Morgan fingerprint density at radius 1 is 1.16 bits per heavy atom. The lowest BCUT2D eigenvalue weighted by Crippen LogP contribution is -2.25. The van der Waals surface area contributed by atoms with Crippen molar-refractivity contribution in [2.75, 3.05) is 6.54 Å². The molecule has 98 valence electrons. The number of ether oxygens (including phenoxy) is 1. The SMILES string of the molecule is Cc1ccc(Oc2ncnc3c2CNCC3)cc1C. The molecule has 0 bridgehead atoms. The van der Waals surface area contributed by atoms with Gasteiger partial charge in [0.05, 0.1) is 11.3 Å². The lowest BCUT2D eigenvalue weighted by Gasteiger charge is -2.18. The van der Waals surface area contributed by atoms with E-state index in [0.29, 0.717) is 5.88 Å². The third kappa shape index (κ3) is 2.44. The van der Waals surface area contributed by atoms with Gasteiger partial charge in [-0.15, -0.1) is 0 Å². The van der Waals surface area contributed by atoms with E-state index in [1.54, 1.807) is 6.33 Å². The number of rotatable bonds is 2. The Hall–Kier alpha value is -1.94. The Bertz CT molecular complexity index is 610. The van der Waals surface area contributed by atoms with Crippen molar-refractivity contribution in [2.24, 2.45) is 0 Å². The first-order valence-corrected chi connectivity index (χ1v) is 6.52. The highest BCUT2D eigenvalue weighted by molar-refractivity contribution is 5.39. The number of aromatic nitrogens is 2. The Labute approximate surface area is 112 Å². The van der Waals surface area contributed by atoms with E-state index in [-0.39, 0.29) is 0 Å². The van der Waals surface area contributed by atoms with Gasteiger partial charge in [0.2, 0.25) is 5.88 Å².